The van der Waals surface area contributed by atoms with Crippen molar-refractivity contribution >= 4 is 28.9 Å². The normalized spacial score (nSPS) is 10.5. The Morgan fingerprint density at radius 1 is 1.27 bits per heavy atom. The summed E-state index contributed by atoms with van der Waals surface area (Å²) in [6, 6.07) is 9.62. The number of hydrogen-bond donors (Lipinski definition) is 1. The van der Waals surface area contributed by atoms with Crippen LogP contribution < -0.4 is 5.32 Å². The number of non-ortho nitro benzene ring substituents is 1. The van der Waals surface area contributed by atoms with Gasteiger partial charge in [0.2, 0.25) is 0 Å². The van der Waals surface area contributed by atoms with Crippen molar-refractivity contribution < 1.29 is 14.1 Å². The fourth-order valence-corrected chi connectivity index (χ4v) is 2.52. The van der Waals surface area contributed by atoms with Gasteiger partial charge in [0.25, 0.3) is 11.6 Å². The lowest BCUT2D eigenvalue weighted by molar-refractivity contribution is -0.384. The topological polar surface area (TPSA) is 90.1 Å². The van der Waals surface area contributed by atoms with Gasteiger partial charge < -0.3 is 5.32 Å². The first-order chi connectivity index (χ1) is 12.4. The summed E-state index contributed by atoms with van der Waals surface area (Å²) >= 11 is 5.99. The smallest absolute Gasteiger partial charge is 0.269 e. The maximum absolute atomic E-state index is 13.8. The van der Waals surface area contributed by atoms with Gasteiger partial charge in [0.1, 0.15) is 5.82 Å². The lowest BCUT2D eigenvalue weighted by Gasteiger charge is -2.06. The molecule has 0 bridgehead atoms. The quantitative estimate of drug-likeness (QED) is 0.542. The Morgan fingerprint density at radius 2 is 2.00 bits per heavy atom. The van der Waals surface area contributed by atoms with Gasteiger partial charge in [-0.15, -0.1) is 0 Å². The minimum Gasteiger partial charge on any atom is -0.319 e. The Hall–Kier alpha value is -3.26. The second-order valence-electron chi connectivity index (χ2n) is 5.38. The van der Waals surface area contributed by atoms with E-state index in [9.17, 15) is 19.3 Å². The van der Waals surface area contributed by atoms with E-state index in [4.69, 9.17) is 11.6 Å². The Morgan fingerprint density at radius 3 is 2.65 bits per heavy atom. The summed E-state index contributed by atoms with van der Waals surface area (Å²) in [5, 5.41) is 17.6. The summed E-state index contributed by atoms with van der Waals surface area (Å²) in [4.78, 5) is 22.3. The third-order valence-corrected chi connectivity index (χ3v) is 3.97. The zero-order valence-electron chi connectivity index (χ0n) is 13.2. The van der Waals surface area contributed by atoms with Crippen LogP contribution in [0.4, 0.5) is 15.8 Å². The third kappa shape index (κ3) is 3.86. The highest BCUT2D eigenvalue weighted by Crippen LogP contribution is 2.20. The summed E-state index contributed by atoms with van der Waals surface area (Å²) in [5.74, 6) is -0.882. The highest BCUT2D eigenvalue weighted by atomic mass is 35.5. The molecule has 1 heterocycles. The molecule has 1 amide bonds. The van der Waals surface area contributed by atoms with E-state index in [-0.39, 0.29) is 22.8 Å². The number of amides is 1. The zero-order chi connectivity index (χ0) is 18.7. The van der Waals surface area contributed by atoms with Crippen molar-refractivity contribution in [3.63, 3.8) is 0 Å². The van der Waals surface area contributed by atoms with Crippen LogP contribution in [0.2, 0.25) is 5.02 Å². The first-order valence-corrected chi connectivity index (χ1v) is 7.83. The van der Waals surface area contributed by atoms with E-state index in [2.05, 4.69) is 10.4 Å². The molecule has 0 saturated heterocycles. The highest BCUT2D eigenvalue weighted by Gasteiger charge is 2.12. The van der Waals surface area contributed by atoms with Crippen molar-refractivity contribution in [2.45, 2.75) is 6.54 Å². The molecule has 3 rings (SSSR count). The first kappa shape index (κ1) is 17.6. The molecular weight excluding hydrogens is 363 g/mol. The molecule has 0 aliphatic heterocycles. The second kappa shape index (κ2) is 7.32. The van der Waals surface area contributed by atoms with E-state index in [1.165, 1.54) is 53.5 Å². The maximum Gasteiger partial charge on any atom is 0.269 e. The predicted molar refractivity (Wildman–Crippen MR) is 93.8 cm³/mol. The number of halogens is 2. The summed E-state index contributed by atoms with van der Waals surface area (Å²) in [7, 11) is 0. The van der Waals surface area contributed by atoms with Crippen molar-refractivity contribution in [3.8, 4) is 0 Å². The molecule has 0 aliphatic rings. The van der Waals surface area contributed by atoms with Crippen molar-refractivity contribution in [2.24, 2.45) is 0 Å². The molecule has 1 N–H and O–H groups in total. The molecule has 26 heavy (non-hydrogen) atoms. The largest absolute Gasteiger partial charge is 0.319 e. The van der Waals surface area contributed by atoms with E-state index < -0.39 is 16.6 Å². The van der Waals surface area contributed by atoms with Crippen LogP contribution >= 0.6 is 11.6 Å². The average Bonchev–Trinajstić information content (AvgIpc) is 3.05. The molecular formula is C17H12ClFN4O3. The number of nitrogens with one attached hydrogen (secondary N) is 1. The molecule has 2 aromatic carbocycles. The van der Waals surface area contributed by atoms with Crippen LogP contribution in [0.25, 0.3) is 0 Å². The van der Waals surface area contributed by atoms with Crippen LogP contribution in [0.1, 0.15) is 15.9 Å². The molecule has 0 unspecified atom stereocenters. The number of hydrogen-bond acceptors (Lipinski definition) is 4. The third-order valence-electron chi connectivity index (χ3n) is 3.61. The van der Waals surface area contributed by atoms with Crippen molar-refractivity contribution in [1.82, 2.24) is 9.78 Å². The van der Waals surface area contributed by atoms with E-state index in [0.29, 0.717) is 11.3 Å². The van der Waals surface area contributed by atoms with Crippen LogP contribution in [0.5, 0.6) is 0 Å². The monoisotopic (exact) mass is 374 g/mol. The van der Waals surface area contributed by atoms with Gasteiger partial charge in [-0.2, -0.15) is 5.10 Å². The minimum atomic E-state index is -0.542. The van der Waals surface area contributed by atoms with Crippen LogP contribution in [0, 0.1) is 15.9 Å². The van der Waals surface area contributed by atoms with Gasteiger partial charge in [0.05, 0.1) is 23.4 Å². The number of nitro groups is 1. The SMILES string of the molecule is O=C(Nc1cnn(Cc2c(F)cccc2Cl)c1)c1ccc([N+](=O)[O-])cc1. The molecule has 3 aromatic rings. The number of nitro benzene ring substituents is 1. The Labute approximate surface area is 152 Å². The molecule has 132 valence electrons. The number of aromatic nitrogens is 2. The van der Waals surface area contributed by atoms with E-state index in [0.717, 1.165) is 0 Å². The van der Waals surface area contributed by atoms with Crippen LogP contribution in [-0.4, -0.2) is 20.6 Å². The number of nitrogens with zero attached hydrogens (tertiary/aromatic N) is 3. The van der Waals surface area contributed by atoms with Gasteiger partial charge in [0, 0.05) is 34.5 Å². The van der Waals surface area contributed by atoms with Gasteiger partial charge in [-0.3, -0.25) is 19.6 Å². The Kier molecular flexibility index (Phi) is 4.94. The van der Waals surface area contributed by atoms with Crippen molar-refractivity contribution in [2.75, 3.05) is 5.32 Å². The number of carbonyl (C=O) groups is 1. The number of anilines is 1. The molecule has 0 fully saturated rings. The molecule has 0 saturated carbocycles. The lowest BCUT2D eigenvalue weighted by Crippen LogP contribution is -2.11. The van der Waals surface area contributed by atoms with Gasteiger partial charge in [0.15, 0.2) is 0 Å². The van der Waals surface area contributed by atoms with Gasteiger partial charge >= 0.3 is 0 Å². The fourth-order valence-electron chi connectivity index (χ4n) is 2.30. The predicted octanol–water partition coefficient (Wildman–Crippen LogP) is 3.88. The number of carbonyl (C=O) groups excluding carboxylic acids is 1. The molecule has 1 aromatic heterocycles. The van der Waals surface area contributed by atoms with E-state index in [1.807, 2.05) is 0 Å². The van der Waals surface area contributed by atoms with Crippen molar-refractivity contribution in [3.05, 3.63) is 86.9 Å². The molecule has 0 spiro atoms. The van der Waals surface area contributed by atoms with Crippen LogP contribution in [-0.2, 0) is 6.54 Å². The van der Waals surface area contributed by atoms with Gasteiger partial charge in [-0.1, -0.05) is 17.7 Å². The van der Waals surface area contributed by atoms with Crippen LogP contribution in [0.15, 0.2) is 54.9 Å². The average molecular weight is 375 g/mol. The zero-order valence-corrected chi connectivity index (χ0v) is 14.0. The maximum atomic E-state index is 13.8. The fraction of sp³-hybridized carbons (Fsp3) is 0.0588. The molecule has 0 radical (unpaired) electrons. The van der Waals surface area contributed by atoms with E-state index in [1.54, 1.807) is 6.07 Å². The standard InChI is InChI=1S/C17H12ClFN4O3/c18-15-2-1-3-16(19)14(15)10-22-9-12(8-20-22)21-17(24)11-4-6-13(7-5-11)23(25)26/h1-9H,10H2,(H,21,24). The first-order valence-electron chi connectivity index (χ1n) is 7.45. The molecule has 7 nitrogen and oxygen atoms in total. The van der Waals surface area contributed by atoms with Gasteiger partial charge in [-0.05, 0) is 24.3 Å². The summed E-state index contributed by atoms with van der Waals surface area (Å²) in [6.07, 6.45) is 2.95. The van der Waals surface area contributed by atoms with Crippen LogP contribution in [0.3, 0.4) is 0 Å². The summed E-state index contributed by atoms with van der Waals surface area (Å²) < 4.78 is 15.3. The summed E-state index contributed by atoms with van der Waals surface area (Å²) in [5.41, 5.74) is 0.864. The number of rotatable bonds is 5. The molecule has 0 atom stereocenters. The van der Waals surface area contributed by atoms with Gasteiger partial charge in [-0.25, -0.2) is 4.39 Å². The summed E-state index contributed by atoms with van der Waals surface area (Å²) in [6.45, 7) is 0.110. The Balaban J connectivity index is 1.70. The number of benzene rings is 2. The lowest BCUT2D eigenvalue weighted by atomic mass is 10.2. The molecule has 9 heteroatoms. The minimum absolute atomic E-state index is 0.101. The van der Waals surface area contributed by atoms with Crippen molar-refractivity contribution in [1.29, 1.82) is 0 Å². The van der Waals surface area contributed by atoms with E-state index >= 15 is 0 Å². The molecule has 0 aliphatic carbocycles. The highest BCUT2D eigenvalue weighted by molar-refractivity contribution is 6.31. The second-order valence-corrected chi connectivity index (χ2v) is 5.79. The Bertz CT molecular complexity index is 952.